The molecule has 2 aromatic carbocycles. The molecule has 2 heterocycles. The molecule has 5 rings (SSSR count). The molecule has 2 atom stereocenters. The van der Waals surface area contributed by atoms with Crippen molar-refractivity contribution in [3.63, 3.8) is 0 Å². The maximum atomic E-state index is 13.9. The zero-order valence-corrected chi connectivity index (χ0v) is 21.6. The van der Waals surface area contributed by atoms with Gasteiger partial charge in [-0.3, -0.25) is 4.79 Å². The Morgan fingerprint density at radius 3 is 2.42 bits per heavy atom. The zero-order valence-electron chi connectivity index (χ0n) is 21.6. The molecule has 208 valence electrons. The Balaban J connectivity index is 1.54. The molecule has 2 unspecified atom stereocenters. The predicted octanol–water partition coefficient (Wildman–Crippen LogP) is 3.85. The predicted molar refractivity (Wildman–Crippen MR) is 145 cm³/mol. The topological polar surface area (TPSA) is 154 Å². The third-order valence-corrected chi connectivity index (χ3v) is 6.79. The van der Waals surface area contributed by atoms with E-state index in [4.69, 9.17) is 10.1 Å². The number of rotatable bonds is 12. The molecule has 0 amide bonds. The first-order valence-electron chi connectivity index (χ1n) is 13.0. The maximum absolute atomic E-state index is 13.9. The second-order valence-corrected chi connectivity index (χ2v) is 10.0. The van der Waals surface area contributed by atoms with Crippen LogP contribution in [0.1, 0.15) is 37.9 Å². The molecule has 1 aliphatic rings. The van der Waals surface area contributed by atoms with Crippen LogP contribution in [-0.2, 0) is 16.9 Å². The van der Waals surface area contributed by atoms with Crippen molar-refractivity contribution in [2.75, 3.05) is 5.32 Å². The number of aliphatic hydroxyl groups is 3. The Hall–Kier alpha value is -4.19. The summed E-state index contributed by atoms with van der Waals surface area (Å²) < 4.78 is 15.7. The van der Waals surface area contributed by atoms with E-state index in [0.29, 0.717) is 47.3 Å². The summed E-state index contributed by atoms with van der Waals surface area (Å²) in [7, 11) is 0. The van der Waals surface area contributed by atoms with Gasteiger partial charge in [0.15, 0.2) is 0 Å². The number of hydrogen-bond acceptors (Lipinski definition) is 8. The number of imidazole rings is 1. The van der Waals surface area contributed by atoms with Crippen LogP contribution in [0.2, 0.25) is 0 Å². The Bertz CT molecular complexity index is 1470. The number of nitrogens with one attached hydrogen (secondary N) is 1. The average Bonchev–Trinajstić information content (AvgIpc) is 3.55. The Kier molecular flexibility index (Phi) is 7.88. The van der Waals surface area contributed by atoms with Gasteiger partial charge in [-0.15, -0.1) is 0 Å². The number of carboxylic acids is 1. The fourth-order valence-corrected chi connectivity index (χ4v) is 4.64. The molecule has 4 aromatic rings. The van der Waals surface area contributed by atoms with E-state index >= 15 is 0 Å². The summed E-state index contributed by atoms with van der Waals surface area (Å²) in [6.45, 7) is 0.207. The van der Waals surface area contributed by atoms with Crippen LogP contribution in [-0.4, -0.2) is 58.1 Å². The van der Waals surface area contributed by atoms with Gasteiger partial charge in [0.1, 0.15) is 22.9 Å². The van der Waals surface area contributed by atoms with E-state index in [2.05, 4.69) is 15.3 Å². The highest BCUT2D eigenvalue weighted by molar-refractivity contribution is 5.78. The van der Waals surface area contributed by atoms with Crippen molar-refractivity contribution in [2.45, 2.75) is 56.5 Å². The van der Waals surface area contributed by atoms with E-state index in [9.17, 15) is 24.5 Å². The third-order valence-electron chi connectivity index (χ3n) is 6.79. The highest BCUT2D eigenvalue weighted by atomic mass is 19.1. The molecule has 1 fully saturated rings. The molecule has 5 N–H and O–H groups in total. The number of halogens is 1. The fraction of sp³-hybridized carbons (Fsp3) is 0.310. The molecule has 10 nitrogen and oxygen atoms in total. The van der Waals surface area contributed by atoms with Crippen LogP contribution in [0.5, 0.6) is 0 Å². The van der Waals surface area contributed by atoms with E-state index < -0.39 is 36.0 Å². The monoisotopic (exact) mass is 547 g/mol. The van der Waals surface area contributed by atoms with Crippen molar-refractivity contribution >= 4 is 17.6 Å². The molecule has 0 spiro atoms. The Morgan fingerprint density at radius 1 is 1.02 bits per heavy atom. The van der Waals surface area contributed by atoms with Gasteiger partial charge in [0, 0.05) is 24.0 Å². The lowest BCUT2D eigenvalue weighted by Crippen LogP contribution is -2.23. The summed E-state index contributed by atoms with van der Waals surface area (Å²) in [6, 6.07) is 17.0. The lowest BCUT2D eigenvalue weighted by atomic mass is 10.1. The van der Waals surface area contributed by atoms with E-state index in [1.165, 1.54) is 12.1 Å². The first kappa shape index (κ1) is 27.4. The van der Waals surface area contributed by atoms with Gasteiger partial charge >= 0.3 is 5.97 Å². The van der Waals surface area contributed by atoms with E-state index in [-0.39, 0.29) is 19.4 Å². The van der Waals surface area contributed by atoms with Gasteiger partial charge in [-0.1, -0.05) is 18.2 Å². The molecule has 0 aliphatic heterocycles. The quantitative estimate of drug-likeness (QED) is 0.178. The van der Waals surface area contributed by atoms with E-state index in [0.717, 1.165) is 5.69 Å². The lowest BCUT2D eigenvalue weighted by Gasteiger charge is -2.19. The number of carboxylic acid groups (broad SMARTS) is 1. The number of hydrogen-bond donors (Lipinski definition) is 5. The number of aliphatic carboxylic acids is 1. The van der Waals surface area contributed by atoms with E-state index in [1.807, 2.05) is 30.3 Å². The van der Waals surface area contributed by atoms with Crippen LogP contribution in [0.15, 0.2) is 66.9 Å². The standard InChI is InChI=1S/C29H30FN5O5/c30-19-8-6-18(7-9-19)26-25(23-10-14-31-28(33-23)32-20-4-2-1-3-5-20)34-27(29(40)12-13-29)35(26)15-11-21(36)16-22(37)17-24(38)39/h1-10,14,21-22,36-37,40H,11-13,15-17H2,(H,38,39)(H,31,32,33). The molecule has 0 saturated heterocycles. The number of para-hydroxylation sites is 1. The number of carbonyl (C=O) groups is 1. The van der Waals surface area contributed by atoms with Crippen LogP contribution in [0, 0.1) is 5.82 Å². The summed E-state index contributed by atoms with van der Waals surface area (Å²) in [4.78, 5) is 24.7. The van der Waals surface area contributed by atoms with Crippen molar-refractivity contribution in [2.24, 2.45) is 0 Å². The van der Waals surface area contributed by atoms with Gasteiger partial charge in [0.05, 0.1) is 30.0 Å². The van der Waals surface area contributed by atoms with Crippen LogP contribution in [0.25, 0.3) is 22.6 Å². The molecule has 0 bridgehead atoms. The molecule has 40 heavy (non-hydrogen) atoms. The second-order valence-electron chi connectivity index (χ2n) is 10.0. The smallest absolute Gasteiger partial charge is 0.305 e. The van der Waals surface area contributed by atoms with Crippen LogP contribution >= 0.6 is 0 Å². The van der Waals surface area contributed by atoms with Crippen molar-refractivity contribution in [3.8, 4) is 22.6 Å². The number of nitrogens with zero attached hydrogens (tertiary/aromatic N) is 4. The SMILES string of the molecule is O=C(O)CC(O)CC(O)CCn1c(C2(O)CC2)nc(-c2ccnc(Nc3ccccc3)n2)c1-c1ccc(F)cc1. The molecule has 0 radical (unpaired) electrons. The minimum atomic E-state index is -1.19. The van der Waals surface area contributed by atoms with Crippen molar-refractivity contribution in [1.82, 2.24) is 19.5 Å². The van der Waals surface area contributed by atoms with Crippen molar-refractivity contribution < 1.29 is 29.6 Å². The van der Waals surface area contributed by atoms with Crippen molar-refractivity contribution in [1.29, 1.82) is 0 Å². The first-order valence-corrected chi connectivity index (χ1v) is 13.0. The van der Waals surface area contributed by atoms with Crippen LogP contribution in [0.4, 0.5) is 16.0 Å². The molecule has 1 aliphatic carbocycles. The normalized spacial score (nSPS) is 15.4. The second kappa shape index (κ2) is 11.5. The molecule has 11 heteroatoms. The fourth-order valence-electron chi connectivity index (χ4n) is 4.64. The number of aliphatic hydroxyl groups excluding tert-OH is 2. The summed E-state index contributed by atoms with van der Waals surface area (Å²) in [6.07, 6.45) is 0.0160. The number of aromatic nitrogens is 4. The first-order chi connectivity index (χ1) is 19.2. The van der Waals surface area contributed by atoms with Gasteiger partial charge < -0.3 is 30.3 Å². The highest BCUT2D eigenvalue weighted by Gasteiger charge is 2.47. The lowest BCUT2D eigenvalue weighted by molar-refractivity contribution is -0.139. The highest BCUT2D eigenvalue weighted by Crippen LogP contribution is 2.47. The van der Waals surface area contributed by atoms with Gasteiger partial charge in [0.25, 0.3) is 0 Å². The molecule has 2 aromatic heterocycles. The Morgan fingerprint density at radius 2 is 1.75 bits per heavy atom. The minimum Gasteiger partial charge on any atom is -0.481 e. The van der Waals surface area contributed by atoms with Gasteiger partial charge in [-0.05, 0) is 68.1 Å². The van der Waals surface area contributed by atoms with Gasteiger partial charge in [-0.25, -0.2) is 19.3 Å². The minimum absolute atomic E-state index is 0.111. The summed E-state index contributed by atoms with van der Waals surface area (Å²) in [5.41, 5.74) is 1.80. The van der Waals surface area contributed by atoms with Crippen LogP contribution < -0.4 is 5.32 Å². The average molecular weight is 548 g/mol. The number of anilines is 2. The number of benzene rings is 2. The molecule has 1 saturated carbocycles. The van der Waals surface area contributed by atoms with Crippen LogP contribution in [0.3, 0.4) is 0 Å². The van der Waals surface area contributed by atoms with Crippen molar-refractivity contribution in [3.05, 3.63) is 78.5 Å². The zero-order chi connectivity index (χ0) is 28.3. The van der Waals surface area contributed by atoms with E-state index in [1.54, 1.807) is 29.0 Å². The summed E-state index contributed by atoms with van der Waals surface area (Å²) in [5, 5.41) is 43.8. The summed E-state index contributed by atoms with van der Waals surface area (Å²) in [5.74, 6) is -0.812. The largest absolute Gasteiger partial charge is 0.481 e. The molecular weight excluding hydrogens is 517 g/mol. The van der Waals surface area contributed by atoms with Gasteiger partial charge in [-0.2, -0.15) is 0 Å². The summed E-state index contributed by atoms with van der Waals surface area (Å²) >= 11 is 0. The molecular formula is C29H30FN5O5. The third kappa shape index (κ3) is 6.33. The Labute approximate surface area is 229 Å². The maximum Gasteiger partial charge on any atom is 0.305 e. The van der Waals surface area contributed by atoms with Gasteiger partial charge in [0.2, 0.25) is 5.95 Å².